The van der Waals surface area contributed by atoms with Crippen molar-refractivity contribution in [2.45, 2.75) is 23.8 Å². The minimum absolute atomic E-state index is 0.177. The fourth-order valence-corrected chi connectivity index (χ4v) is 2.81. The number of amides is 2. The van der Waals surface area contributed by atoms with Crippen LogP contribution in [0.4, 0.5) is 4.79 Å². The van der Waals surface area contributed by atoms with Gasteiger partial charge in [-0.3, -0.25) is 0 Å². The molecule has 3 rings (SSSR count). The van der Waals surface area contributed by atoms with E-state index in [0.717, 1.165) is 12.1 Å². The summed E-state index contributed by atoms with van der Waals surface area (Å²) in [5.74, 6) is 1.06. The maximum atomic E-state index is 11.9. The second kappa shape index (κ2) is 4.89. The van der Waals surface area contributed by atoms with Gasteiger partial charge in [-0.25, -0.2) is 4.79 Å². The minimum atomic E-state index is -0.191. The molecule has 1 unspecified atom stereocenters. The number of thioether (sulfide) groups is 1. The maximum Gasteiger partial charge on any atom is 0.346 e. The number of amidine groups is 1. The predicted molar refractivity (Wildman–Crippen MR) is 77.4 cm³/mol. The lowest BCUT2D eigenvalue weighted by molar-refractivity contribution is 0.204. The van der Waals surface area contributed by atoms with Crippen LogP contribution in [0.2, 0.25) is 0 Å². The summed E-state index contributed by atoms with van der Waals surface area (Å²) in [5, 5.41) is 0. The average molecular weight is 275 g/mol. The fourth-order valence-electron chi connectivity index (χ4n) is 2.40. The summed E-state index contributed by atoms with van der Waals surface area (Å²) < 4.78 is 0. The van der Waals surface area contributed by atoms with E-state index in [9.17, 15) is 4.79 Å². The Hall–Kier alpha value is -1.49. The molecule has 0 radical (unpaired) electrons. The van der Waals surface area contributed by atoms with Crippen molar-refractivity contribution in [3.05, 3.63) is 29.8 Å². The van der Waals surface area contributed by atoms with E-state index in [1.165, 1.54) is 17.7 Å². The SMILES string of the molecule is CSc1ccc(C2C(N)=NC(=O)N2CC2CC2)cc1. The Morgan fingerprint density at radius 2 is 2.05 bits per heavy atom. The molecule has 2 aliphatic rings. The maximum absolute atomic E-state index is 11.9. The number of urea groups is 1. The zero-order chi connectivity index (χ0) is 13.4. The van der Waals surface area contributed by atoms with E-state index in [1.807, 2.05) is 18.4 Å². The Balaban J connectivity index is 1.86. The third-order valence-corrected chi connectivity index (χ3v) is 4.39. The van der Waals surface area contributed by atoms with Gasteiger partial charge in [-0.05, 0) is 42.7 Å². The molecule has 0 aromatic heterocycles. The van der Waals surface area contributed by atoms with Gasteiger partial charge in [-0.1, -0.05) is 12.1 Å². The van der Waals surface area contributed by atoms with Gasteiger partial charge in [0.2, 0.25) is 0 Å². The van der Waals surface area contributed by atoms with Gasteiger partial charge in [0.1, 0.15) is 11.9 Å². The lowest BCUT2D eigenvalue weighted by atomic mass is 10.1. The average Bonchev–Trinajstić information content (AvgIpc) is 3.17. The molecule has 1 aromatic carbocycles. The zero-order valence-corrected chi connectivity index (χ0v) is 11.7. The van der Waals surface area contributed by atoms with Crippen LogP contribution in [0.1, 0.15) is 24.4 Å². The van der Waals surface area contributed by atoms with E-state index in [0.29, 0.717) is 11.8 Å². The van der Waals surface area contributed by atoms with Crippen molar-refractivity contribution in [3.8, 4) is 0 Å². The van der Waals surface area contributed by atoms with Crippen LogP contribution in [0, 0.1) is 5.92 Å². The second-order valence-electron chi connectivity index (χ2n) is 5.09. The highest BCUT2D eigenvalue weighted by Gasteiger charge is 2.37. The zero-order valence-electron chi connectivity index (χ0n) is 10.9. The molecule has 1 aliphatic heterocycles. The van der Waals surface area contributed by atoms with Gasteiger partial charge in [0.05, 0.1) is 0 Å². The molecular formula is C14H17N3OS. The third-order valence-electron chi connectivity index (χ3n) is 3.65. The number of carbonyl (C=O) groups is 1. The number of aliphatic imine (C=N–C) groups is 1. The summed E-state index contributed by atoms with van der Waals surface area (Å²) >= 11 is 1.70. The Kier molecular flexibility index (Phi) is 3.22. The monoisotopic (exact) mass is 275 g/mol. The summed E-state index contributed by atoms with van der Waals surface area (Å²) in [6, 6.07) is 7.83. The van der Waals surface area contributed by atoms with Crippen LogP contribution in [-0.2, 0) is 0 Å². The van der Waals surface area contributed by atoms with Gasteiger partial charge in [0, 0.05) is 11.4 Å². The molecule has 1 aromatic rings. The fraction of sp³-hybridized carbons (Fsp3) is 0.429. The Morgan fingerprint density at radius 3 is 2.63 bits per heavy atom. The molecule has 0 spiro atoms. The quantitative estimate of drug-likeness (QED) is 0.859. The first kappa shape index (κ1) is 12.5. The molecule has 2 N–H and O–H groups in total. The van der Waals surface area contributed by atoms with Crippen molar-refractivity contribution in [1.82, 2.24) is 4.90 Å². The van der Waals surface area contributed by atoms with E-state index in [4.69, 9.17) is 5.73 Å². The van der Waals surface area contributed by atoms with E-state index in [1.54, 1.807) is 16.7 Å². The van der Waals surface area contributed by atoms with Crippen molar-refractivity contribution in [1.29, 1.82) is 0 Å². The third kappa shape index (κ3) is 2.47. The van der Waals surface area contributed by atoms with Crippen molar-refractivity contribution in [2.75, 3.05) is 12.8 Å². The van der Waals surface area contributed by atoms with Crippen LogP contribution in [0.5, 0.6) is 0 Å². The Morgan fingerprint density at radius 1 is 1.37 bits per heavy atom. The number of benzene rings is 1. The molecule has 0 bridgehead atoms. The molecule has 1 saturated carbocycles. The predicted octanol–water partition coefficient (Wildman–Crippen LogP) is 2.65. The molecule has 1 atom stereocenters. The normalized spacial score (nSPS) is 22.8. The van der Waals surface area contributed by atoms with Gasteiger partial charge in [-0.15, -0.1) is 11.8 Å². The number of hydrogen-bond acceptors (Lipinski definition) is 3. The summed E-state index contributed by atoms with van der Waals surface area (Å²) in [7, 11) is 0. The second-order valence-corrected chi connectivity index (χ2v) is 5.97. The summed E-state index contributed by atoms with van der Waals surface area (Å²) in [6.07, 6.45) is 4.47. The Labute approximate surface area is 117 Å². The van der Waals surface area contributed by atoms with Crippen LogP contribution in [0.25, 0.3) is 0 Å². The molecular weight excluding hydrogens is 258 g/mol. The molecule has 100 valence electrons. The first-order valence-electron chi connectivity index (χ1n) is 6.47. The van der Waals surface area contributed by atoms with Gasteiger partial charge >= 0.3 is 6.03 Å². The van der Waals surface area contributed by atoms with Crippen LogP contribution in [-0.4, -0.2) is 29.6 Å². The van der Waals surface area contributed by atoms with Crippen LogP contribution in [0.3, 0.4) is 0 Å². The van der Waals surface area contributed by atoms with Crippen molar-refractivity contribution in [2.24, 2.45) is 16.6 Å². The van der Waals surface area contributed by atoms with E-state index in [2.05, 4.69) is 17.1 Å². The molecule has 19 heavy (non-hydrogen) atoms. The lowest BCUT2D eigenvalue weighted by Crippen LogP contribution is -2.34. The topological polar surface area (TPSA) is 58.7 Å². The number of nitrogens with two attached hydrogens (primary N) is 1. The summed E-state index contributed by atoms with van der Waals surface area (Å²) in [6.45, 7) is 0.776. The van der Waals surface area contributed by atoms with Gasteiger partial charge in [-0.2, -0.15) is 4.99 Å². The molecule has 5 heteroatoms. The number of nitrogens with zero attached hydrogens (tertiary/aromatic N) is 2. The van der Waals surface area contributed by atoms with E-state index >= 15 is 0 Å². The highest BCUT2D eigenvalue weighted by atomic mass is 32.2. The molecule has 1 aliphatic carbocycles. The first-order chi connectivity index (χ1) is 9.19. The minimum Gasteiger partial charge on any atom is -0.385 e. The van der Waals surface area contributed by atoms with Crippen LogP contribution < -0.4 is 5.73 Å². The van der Waals surface area contributed by atoms with Crippen molar-refractivity contribution >= 4 is 23.6 Å². The lowest BCUT2D eigenvalue weighted by Gasteiger charge is -2.24. The van der Waals surface area contributed by atoms with E-state index in [-0.39, 0.29) is 12.1 Å². The highest BCUT2D eigenvalue weighted by Crippen LogP contribution is 2.35. The summed E-state index contributed by atoms with van der Waals surface area (Å²) in [5.41, 5.74) is 6.99. The molecule has 2 amide bonds. The standard InChI is InChI=1S/C14H17N3OS/c1-19-11-6-4-10(5-7-11)12-13(15)16-14(18)17(12)8-9-2-3-9/h4-7,9,12H,2-3,8H2,1H3,(H2,15,16,18). The van der Waals surface area contributed by atoms with Gasteiger partial charge < -0.3 is 10.6 Å². The molecule has 0 saturated heterocycles. The Bertz CT molecular complexity index is 522. The largest absolute Gasteiger partial charge is 0.385 e. The molecule has 4 nitrogen and oxygen atoms in total. The highest BCUT2D eigenvalue weighted by molar-refractivity contribution is 7.98. The van der Waals surface area contributed by atoms with Gasteiger partial charge in [0.25, 0.3) is 0 Å². The van der Waals surface area contributed by atoms with Crippen molar-refractivity contribution in [3.63, 3.8) is 0 Å². The first-order valence-corrected chi connectivity index (χ1v) is 7.70. The number of hydrogen-bond donors (Lipinski definition) is 1. The van der Waals surface area contributed by atoms with Crippen molar-refractivity contribution < 1.29 is 4.79 Å². The number of rotatable bonds is 4. The van der Waals surface area contributed by atoms with E-state index < -0.39 is 0 Å². The van der Waals surface area contributed by atoms with Crippen LogP contribution >= 0.6 is 11.8 Å². The summed E-state index contributed by atoms with van der Waals surface area (Å²) in [4.78, 5) is 18.8. The molecule has 1 fully saturated rings. The smallest absolute Gasteiger partial charge is 0.346 e. The number of carbonyl (C=O) groups excluding carboxylic acids is 1. The van der Waals surface area contributed by atoms with Crippen LogP contribution in [0.15, 0.2) is 34.2 Å². The molecule has 1 heterocycles. The van der Waals surface area contributed by atoms with Gasteiger partial charge in [0.15, 0.2) is 0 Å².